The zero-order valence-corrected chi connectivity index (χ0v) is 10.6. The van der Waals surface area contributed by atoms with Crippen LogP contribution in [0.15, 0.2) is 0 Å². The summed E-state index contributed by atoms with van der Waals surface area (Å²) in [4.78, 5) is 2.62. The summed E-state index contributed by atoms with van der Waals surface area (Å²) < 4.78 is 0. The fourth-order valence-electron chi connectivity index (χ4n) is 1.78. The van der Waals surface area contributed by atoms with Gasteiger partial charge in [-0.2, -0.15) is 11.8 Å². The maximum atomic E-state index is 3.48. The Morgan fingerprint density at radius 3 is 2.43 bits per heavy atom. The molecular weight excluding hydrogens is 192 g/mol. The second kappa shape index (κ2) is 6.70. The quantitative estimate of drug-likeness (QED) is 0.754. The minimum Gasteiger partial charge on any atom is -0.314 e. The fraction of sp³-hybridized carbons (Fsp3) is 1.00. The molecule has 0 aromatic heterocycles. The van der Waals surface area contributed by atoms with E-state index in [1.165, 1.54) is 31.0 Å². The number of hydrogen-bond acceptors (Lipinski definition) is 3. The first-order chi connectivity index (χ1) is 6.70. The van der Waals surface area contributed by atoms with Crippen LogP contribution in [0.25, 0.3) is 0 Å². The molecule has 1 aliphatic rings. The van der Waals surface area contributed by atoms with Gasteiger partial charge in [0.2, 0.25) is 0 Å². The Morgan fingerprint density at radius 2 is 1.86 bits per heavy atom. The Morgan fingerprint density at radius 1 is 1.21 bits per heavy atom. The maximum absolute atomic E-state index is 3.48. The van der Waals surface area contributed by atoms with Crippen molar-refractivity contribution in [1.82, 2.24) is 10.2 Å². The first-order valence-electron chi connectivity index (χ1n) is 5.75. The lowest BCUT2D eigenvalue weighted by Crippen LogP contribution is -2.41. The Hall–Kier alpha value is 0.270. The first kappa shape index (κ1) is 12.3. The van der Waals surface area contributed by atoms with E-state index in [1.54, 1.807) is 0 Å². The number of rotatable bonds is 5. The van der Waals surface area contributed by atoms with E-state index in [1.807, 2.05) is 0 Å². The van der Waals surface area contributed by atoms with Gasteiger partial charge in [-0.05, 0) is 19.9 Å². The van der Waals surface area contributed by atoms with E-state index >= 15 is 0 Å². The molecular formula is C11H24N2S. The predicted molar refractivity (Wildman–Crippen MR) is 66.1 cm³/mol. The molecule has 0 spiro atoms. The second-order valence-electron chi connectivity index (χ2n) is 4.39. The normalized spacial score (nSPS) is 21.4. The van der Waals surface area contributed by atoms with Crippen LogP contribution in [0.4, 0.5) is 0 Å². The Balaban J connectivity index is 2.10. The highest BCUT2D eigenvalue weighted by Crippen LogP contribution is 2.13. The van der Waals surface area contributed by atoms with Crippen molar-refractivity contribution in [1.29, 1.82) is 0 Å². The van der Waals surface area contributed by atoms with Gasteiger partial charge in [-0.3, -0.25) is 4.90 Å². The molecule has 0 aromatic carbocycles. The van der Waals surface area contributed by atoms with E-state index < -0.39 is 0 Å². The van der Waals surface area contributed by atoms with Crippen LogP contribution in [-0.4, -0.2) is 48.1 Å². The summed E-state index contributed by atoms with van der Waals surface area (Å²) in [6, 6.07) is 1.38. The van der Waals surface area contributed by atoms with Crippen molar-refractivity contribution in [2.75, 3.05) is 31.1 Å². The highest BCUT2D eigenvalue weighted by Gasteiger charge is 2.16. The molecule has 0 aromatic rings. The zero-order chi connectivity index (χ0) is 10.4. The van der Waals surface area contributed by atoms with Crippen LogP contribution in [-0.2, 0) is 0 Å². The van der Waals surface area contributed by atoms with Crippen molar-refractivity contribution < 1.29 is 0 Å². The van der Waals surface area contributed by atoms with Crippen LogP contribution in [0.1, 0.15) is 27.2 Å². The lowest BCUT2D eigenvalue weighted by atomic mass is 10.2. The zero-order valence-electron chi connectivity index (χ0n) is 9.75. The van der Waals surface area contributed by atoms with Crippen molar-refractivity contribution >= 4 is 11.8 Å². The smallest absolute Gasteiger partial charge is 0.00796 e. The minimum absolute atomic E-state index is 0.624. The van der Waals surface area contributed by atoms with Crippen molar-refractivity contribution in [3.63, 3.8) is 0 Å². The summed E-state index contributed by atoms with van der Waals surface area (Å²) in [5.74, 6) is 2.64. The third-order valence-corrected chi connectivity index (χ3v) is 3.73. The molecule has 14 heavy (non-hydrogen) atoms. The molecule has 84 valence electrons. The number of nitrogens with one attached hydrogen (secondary N) is 1. The van der Waals surface area contributed by atoms with Gasteiger partial charge >= 0.3 is 0 Å². The van der Waals surface area contributed by atoms with Gasteiger partial charge in [0.05, 0.1) is 0 Å². The highest BCUT2D eigenvalue weighted by molar-refractivity contribution is 7.99. The van der Waals surface area contributed by atoms with Gasteiger partial charge in [0, 0.05) is 36.7 Å². The van der Waals surface area contributed by atoms with Gasteiger partial charge in [0.15, 0.2) is 0 Å². The molecule has 1 fully saturated rings. The monoisotopic (exact) mass is 216 g/mol. The molecule has 1 atom stereocenters. The van der Waals surface area contributed by atoms with Gasteiger partial charge < -0.3 is 5.32 Å². The lowest BCUT2D eigenvalue weighted by molar-refractivity contribution is 0.218. The number of nitrogens with zero attached hydrogens (tertiary/aromatic N) is 1. The van der Waals surface area contributed by atoms with Crippen LogP contribution in [0.5, 0.6) is 0 Å². The van der Waals surface area contributed by atoms with E-state index in [0.29, 0.717) is 6.04 Å². The van der Waals surface area contributed by atoms with Gasteiger partial charge in [-0.25, -0.2) is 0 Å². The second-order valence-corrected chi connectivity index (χ2v) is 5.62. The number of thioether (sulfide) groups is 1. The first-order valence-corrected chi connectivity index (χ1v) is 6.91. The molecule has 0 amide bonds. The van der Waals surface area contributed by atoms with Crippen LogP contribution in [0, 0.1) is 0 Å². The average Bonchev–Trinajstić information content (AvgIpc) is 2.18. The summed E-state index contributed by atoms with van der Waals surface area (Å²) in [5, 5.41) is 3.48. The highest BCUT2D eigenvalue weighted by atomic mass is 32.2. The van der Waals surface area contributed by atoms with E-state index in [4.69, 9.17) is 0 Å². The molecule has 1 saturated heterocycles. The molecule has 1 rings (SSSR count). The van der Waals surface area contributed by atoms with E-state index in [-0.39, 0.29) is 0 Å². The van der Waals surface area contributed by atoms with E-state index in [2.05, 4.69) is 42.7 Å². The van der Waals surface area contributed by atoms with Gasteiger partial charge in [-0.1, -0.05) is 13.8 Å². The van der Waals surface area contributed by atoms with Crippen LogP contribution >= 0.6 is 11.8 Å². The van der Waals surface area contributed by atoms with E-state index in [0.717, 1.165) is 12.6 Å². The van der Waals surface area contributed by atoms with Gasteiger partial charge in [0.1, 0.15) is 0 Å². The molecule has 0 aliphatic carbocycles. The summed E-state index contributed by atoms with van der Waals surface area (Å²) >= 11 is 2.09. The standard InChI is InChI=1S/C11H24N2S/c1-10(2)12-5-4-11(3)13-6-8-14-9-7-13/h10-12H,4-9H2,1-3H3. The molecule has 0 bridgehead atoms. The SMILES string of the molecule is CC(C)NCCC(C)N1CCSCC1. The molecule has 1 N–H and O–H groups in total. The molecule has 3 heteroatoms. The van der Waals surface area contributed by atoms with Gasteiger partial charge in [-0.15, -0.1) is 0 Å². The molecule has 0 radical (unpaired) electrons. The van der Waals surface area contributed by atoms with Crippen molar-refractivity contribution in [2.24, 2.45) is 0 Å². The fourth-order valence-corrected chi connectivity index (χ4v) is 2.71. The van der Waals surface area contributed by atoms with E-state index in [9.17, 15) is 0 Å². The largest absolute Gasteiger partial charge is 0.314 e. The Kier molecular flexibility index (Phi) is 5.90. The maximum Gasteiger partial charge on any atom is 0.00796 e. The Bertz CT molecular complexity index is 144. The van der Waals surface area contributed by atoms with Crippen LogP contribution in [0.3, 0.4) is 0 Å². The third kappa shape index (κ3) is 4.67. The van der Waals surface area contributed by atoms with Gasteiger partial charge in [0.25, 0.3) is 0 Å². The van der Waals surface area contributed by atoms with Crippen molar-refractivity contribution in [3.05, 3.63) is 0 Å². The van der Waals surface area contributed by atoms with Crippen LogP contribution in [0.2, 0.25) is 0 Å². The average molecular weight is 216 g/mol. The minimum atomic E-state index is 0.624. The Labute approximate surface area is 92.8 Å². The lowest BCUT2D eigenvalue weighted by Gasteiger charge is -2.32. The van der Waals surface area contributed by atoms with Crippen molar-refractivity contribution in [3.8, 4) is 0 Å². The molecule has 1 aliphatic heterocycles. The summed E-state index contributed by atoms with van der Waals surface area (Å²) in [6.45, 7) is 10.5. The number of hydrogen-bond donors (Lipinski definition) is 1. The predicted octanol–water partition coefficient (Wildman–Crippen LogP) is 1.81. The van der Waals surface area contributed by atoms with Crippen LogP contribution < -0.4 is 5.32 Å². The molecule has 2 nitrogen and oxygen atoms in total. The van der Waals surface area contributed by atoms with Crippen molar-refractivity contribution in [2.45, 2.75) is 39.3 Å². The third-order valence-electron chi connectivity index (χ3n) is 2.78. The molecule has 0 saturated carbocycles. The summed E-state index contributed by atoms with van der Waals surface area (Å²) in [7, 11) is 0. The molecule has 1 heterocycles. The topological polar surface area (TPSA) is 15.3 Å². The molecule has 1 unspecified atom stereocenters. The summed E-state index contributed by atoms with van der Waals surface area (Å²) in [6.07, 6.45) is 1.28. The summed E-state index contributed by atoms with van der Waals surface area (Å²) in [5.41, 5.74) is 0.